The van der Waals surface area contributed by atoms with Crippen LogP contribution in [0.15, 0.2) is 29.2 Å². The number of alkyl halides is 3. The van der Waals surface area contributed by atoms with Crippen molar-refractivity contribution in [2.75, 3.05) is 0 Å². The predicted molar refractivity (Wildman–Crippen MR) is 107 cm³/mol. The molecule has 158 valence electrons. The number of hydrogen-bond donors (Lipinski definition) is 1. The van der Waals surface area contributed by atoms with Crippen molar-refractivity contribution >= 4 is 28.3 Å². The van der Waals surface area contributed by atoms with Crippen molar-refractivity contribution in [1.29, 1.82) is 0 Å². The molecule has 0 aliphatic carbocycles. The van der Waals surface area contributed by atoms with Gasteiger partial charge in [0.1, 0.15) is 5.69 Å². The minimum atomic E-state index is -4.65. The molecular weight excluding hydrogens is 424 g/mol. The Balaban J connectivity index is 2.30. The fraction of sp³-hybridized carbons (Fsp3) is 0.286. The van der Waals surface area contributed by atoms with Crippen LogP contribution >= 0.6 is 11.6 Å². The van der Waals surface area contributed by atoms with Crippen LogP contribution in [0.2, 0.25) is 5.02 Å². The number of H-pyrrole nitrogens is 1. The van der Waals surface area contributed by atoms with Crippen LogP contribution in [0.25, 0.3) is 22.2 Å². The van der Waals surface area contributed by atoms with Gasteiger partial charge in [-0.2, -0.15) is 13.2 Å². The fourth-order valence-electron chi connectivity index (χ4n) is 3.29. The third-order valence-electron chi connectivity index (χ3n) is 5.13. The molecule has 0 amide bonds. The molecule has 0 aliphatic heterocycles. The van der Waals surface area contributed by atoms with Gasteiger partial charge in [0.2, 0.25) is 0 Å². The quantitative estimate of drug-likeness (QED) is 0.417. The zero-order valence-corrected chi connectivity index (χ0v) is 17.2. The molecule has 0 fully saturated rings. The Morgan fingerprint density at radius 1 is 1.20 bits per heavy atom. The summed E-state index contributed by atoms with van der Waals surface area (Å²) in [6.07, 6.45) is -3.33. The van der Waals surface area contributed by atoms with E-state index in [2.05, 4.69) is 9.97 Å². The topological polar surface area (TPSA) is 62.8 Å². The van der Waals surface area contributed by atoms with Crippen LogP contribution in [0.5, 0.6) is 0 Å². The molecule has 0 aliphatic rings. The summed E-state index contributed by atoms with van der Waals surface area (Å²) in [4.78, 5) is 31.2. The minimum absolute atomic E-state index is 0.0291. The van der Waals surface area contributed by atoms with E-state index >= 15 is 4.39 Å². The van der Waals surface area contributed by atoms with Crippen LogP contribution in [0.3, 0.4) is 0 Å². The summed E-state index contributed by atoms with van der Waals surface area (Å²) in [5.74, 6) is -1.48. The summed E-state index contributed by atoms with van der Waals surface area (Å²) in [7, 11) is 0. The lowest BCUT2D eigenvalue weighted by molar-refractivity contribution is -0.180. The van der Waals surface area contributed by atoms with Gasteiger partial charge in [-0.05, 0) is 38.0 Å². The average molecular weight is 441 g/mol. The number of benzene rings is 1. The zero-order valence-electron chi connectivity index (χ0n) is 16.5. The van der Waals surface area contributed by atoms with E-state index < -0.39 is 39.2 Å². The maximum absolute atomic E-state index is 15.2. The molecule has 0 unspecified atom stereocenters. The number of nitrogens with zero attached hydrogens (tertiary/aromatic N) is 1. The number of nitrogens with one attached hydrogen (secondary N) is 1. The number of rotatable bonds is 3. The second-order valence-electron chi connectivity index (χ2n) is 7.55. The van der Waals surface area contributed by atoms with Crippen LogP contribution in [-0.4, -0.2) is 21.9 Å². The van der Waals surface area contributed by atoms with Gasteiger partial charge in [0.15, 0.2) is 17.0 Å². The van der Waals surface area contributed by atoms with Crippen molar-refractivity contribution in [2.24, 2.45) is 0 Å². The fourth-order valence-corrected chi connectivity index (χ4v) is 3.68. The van der Waals surface area contributed by atoms with Gasteiger partial charge in [-0.1, -0.05) is 17.7 Å². The highest BCUT2D eigenvalue weighted by molar-refractivity contribution is 6.32. The summed E-state index contributed by atoms with van der Waals surface area (Å²) < 4.78 is 55.5. The molecular formula is C21H17ClF4N2O2. The molecule has 0 saturated heterocycles. The Morgan fingerprint density at radius 2 is 1.83 bits per heavy atom. The maximum Gasteiger partial charge on any atom is 0.397 e. The first kappa shape index (κ1) is 22.0. The number of carbonyl (C=O) groups is 1. The first-order valence-corrected chi connectivity index (χ1v) is 9.24. The lowest BCUT2D eigenvalue weighted by Crippen LogP contribution is -2.37. The summed E-state index contributed by atoms with van der Waals surface area (Å²) >= 11 is 6.01. The Bertz CT molecular complexity index is 1250. The smallest absolute Gasteiger partial charge is 0.354 e. The Morgan fingerprint density at radius 3 is 2.40 bits per heavy atom. The highest BCUT2D eigenvalue weighted by atomic mass is 35.5. The SMILES string of the molecule is CC(=O)c1nccc2[nH]c(-c3c(C)cc(C(C)(C)C(F)(F)F)c(Cl)c3F)cc(=O)c12. The lowest BCUT2D eigenvalue weighted by Gasteiger charge is -2.30. The number of Topliss-reactive ketones (excluding diaryl/α,β-unsaturated/α-hetero) is 1. The van der Waals surface area contributed by atoms with E-state index in [0.29, 0.717) is 0 Å². The van der Waals surface area contributed by atoms with Crippen LogP contribution in [-0.2, 0) is 5.41 Å². The van der Waals surface area contributed by atoms with Crippen molar-refractivity contribution in [1.82, 2.24) is 9.97 Å². The monoisotopic (exact) mass is 440 g/mol. The van der Waals surface area contributed by atoms with Gasteiger partial charge in [0, 0.05) is 24.8 Å². The largest absolute Gasteiger partial charge is 0.397 e. The van der Waals surface area contributed by atoms with E-state index in [1.807, 2.05) is 0 Å². The van der Waals surface area contributed by atoms with E-state index in [1.165, 1.54) is 32.2 Å². The van der Waals surface area contributed by atoms with Crippen LogP contribution < -0.4 is 5.43 Å². The van der Waals surface area contributed by atoms with Crippen LogP contribution in [0.4, 0.5) is 17.6 Å². The molecule has 0 saturated carbocycles. The zero-order chi connectivity index (χ0) is 22.6. The molecule has 2 heterocycles. The molecule has 1 aromatic carbocycles. The van der Waals surface area contributed by atoms with Gasteiger partial charge in [0.05, 0.1) is 27.0 Å². The van der Waals surface area contributed by atoms with Gasteiger partial charge in [-0.15, -0.1) is 0 Å². The lowest BCUT2D eigenvalue weighted by atomic mass is 9.82. The molecule has 3 rings (SSSR count). The number of halogens is 5. The average Bonchev–Trinajstić information content (AvgIpc) is 2.63. The molecule has 0 spiro atoms. The molecule has 4 nitrogen and oxygen atoms in total. The van der Waals surface area contributed by atoms with Crippen molar-refractivity contribution < 1.29 is 22.4 Å². The summed E-state index contributed by atoms with van der Waals surface area (Å²) in [6, 6.07) is 3.69. The van der Waals surface area contributed by atoms with Crippen LogP contribution in [0, 0.1) is 12.7 Å². The van der Waals surface area contributed by atoms with Crippen molar-refractivity contribution in [2.45, 2.75) is 39.3 Å². The molecule has 30 heavy (non-hydrogen) atoms. The third kappa shape index (κ3) is 3.39. The molecule has 0 bridgehead atoms. The number of fused-ring (bicyclic) bond motifs is 1. The molecule has 0 radical (unpaired) electrons. The predicted octanol–water partition coefficient (Wildman–Crippen LogP) is 5.73. The van der Waals surface area contributed by atoms with E-state index in [0.717, 1.165) is 19.9 Å². The standard InChI is InChI=1S/C21H17ClF4N2O2/c1-9-7-11(20(3,4)21(24,25)26)17(22)18(23)15(9)13-8-14(30)16-12(28-13)5-6-27-19(16)10(2)29/h5-8H,1-4H3,(H,28,30). The Hall–Kier alpha value is -2.74. The molecule has 3 aromatic rings. The van der Waals surface area contributed by atoms with Gasteiger partial charge < -0.3 is 4.98 Å². The first-order valence-electron chi connectivity index (χ1n) is 8.86. The summed E-state index contributed by atoms with van der Waals surface area (Å²) in [6.45, 7) is 4.53. The number of aromatic nitrogens is 2. The Labute approximate surface area is 173 Å². The first-order chi connectivity index (χ1) is 13.8. The van der Waals surface area contributed by atoms with Crippen LogP contribution in [0.1, 0.15) is 42.4 Å². The molecule has 2 aromatic heterocycles. The number of carbonyl (C=O) groups excluding carboxylic acids is 1. The van der Waals surface area contributed by atoms with Crippen molar-refractivity contribution in [3.63, 3.8) is 0 Å². The summed E-state index contributed by atoms with van der Waals surface area (Å²) in [5, 5.41) is -0.620. The normalized spacial score (nSPS) is 12.4. The van der Waals surface area contributed by atoms with Crippen molar-refractivity contribution in [3.8, 4) is 11.3 Å². The molecule has 1 N–H and O–H groups in total. The van der Waals surface area contributed by atoms with E-state index in [9.17, 15) is 22.8 Å². The van der Waals surface area contributed by atoms with Gasteiger partial charge >= 0.3 is 6.18 Å². The second-order valence-corrected chi connectivity index (χ2v) is 7.93. The number of aryl methyl sites for hydroxylation is 1. The van der Waals surface area contributed by atoms with Gasteiger partial charge in [0.25, 0.3) is 0 Å². The van der Waals surface area contributed by atoms with E-state index in [1.54, 1.807) is 0 Å². The minimum Gasteiger partial charge on any atom is -0.354 e. The third-order valence-corrected chi connectivity index (χ3v) is 5.50. The van der Waals surface area contributed by atoms with Gasteiger partial charge in [-0.25, -0.2) is 4.39 Å². The molecule has 9 heteroatoms. The number of pyridine rings is 2. The second kappa shape index (κ2) is 7.19. The van der Waals surface area contributed by atoms with E-state index in [-0.39, 0.29) is 33.4 Å². The van der Waals surface area contributed by atoms with Crippen molar-refractivity contribution in [3.05, 3.63) is 62.3 Å². The van der Waals surface area contributed by atoms with E-state index in [4.69, 9.17) is 11.6 Å². The number of hydrogen-bond acceptors (Lipinski definition) is 3. The summed E-state index contributed by atoms with van der Waals surface area (Å²) in [5.41, 5.74) is -3.07. The number of aromatic amines is 1. The highest BCUT2D eigenvalue weighted by Gasteiger charge is 2.50. The number of ketones is 1. The maximum atomic E-state index is 15.2. The Kier molecular flexibility index (Phi) is 5.27. The molecule has 0 atom stereocenters. The highest BCUT2D eigenvalue weighted by Crippen LogP contribution is 2.46. The van der Waals surface area contributed by atoms with Gasteiger partial charge in [-0.3, -0.25) is 14.6 Å².